The molecule has 0 nitrogen and oxygen atoms in total. The van der Waals surface area contributed by atoms with Crippen LogP contribution in [0.15, 0.2) is 84.9 Å². The molecule has 0 bridgehead atoms. The molecule has 1 aromatic heterocycles. The molecule has 5 aromatic carbocycles. The first-order valence-electron chi connectivity index (χ1n) is 9.74. The maximum atomic E-state index is 2.44. The summed E-state index contributed by atoms with van der Waals surface area (Å²) in [5.74, 6) is 0. The van der Waals surface area contributed by atoms with Gasteiger partial charge in [-0.05, 0) is 68.4 Å². The van der Waals surface area contributed by atoms with Crippen LogP contribution in [-0.2, 0) is 6.42 Å². The number of benzene rings is 5. The quantitative estimate of drug-likeness (QED) is 0.253. The van der Waals surface area contributed by atoms with E-state index in [1.165, 1.54) is 64.0 Å². The van der Waals surface area contributed by atoms with Crippen LogP contribution in [0.1, 0.15) is 11.1 Å². The van der Waals surface area contributed by atoms with E-state index in [2.05, 4.69) is 84.9 Å². The molecule has 0 saturated carbocycles. The topological polar surface area (TPSA) is 0 Å². The fourth-order valence-electron chi connectivity index (χ4n) is 4.88. The van der Waals surface area contributed by atoms with Crippen molar-refractivity contribution in [1.29, 1.82) is 0 Å². The minimum absolute atomic E-state index is 1.04. The van der Waals surface area contributed by atoms with Gasteiger partial charge in [-0.1, -0.05) is 66.7 Å². The number of thiophene rings is 1. The molecule has 1 aliphatic rings. The largest absolute Gasteiger partial charge is 0.135 e. The zero-order chi connectivity index (χ0) is 18.2. The Kier molecular flexibility index (Phi) is 2.76. The Morgan fingerprint density at radius 3 is 2.14 bits per heavy atom. The third-order valence-corrected chi connectivity index (χ3v) is 7.43. The lowest BCUT2D eigenvalue weighted by Crippen LogP contribution is -1.81. The number of fused-ring (bicyclic) bond motifs is 9. The molecule has 0 radical (unpaired) electrons. The Morgan fingerprint density at radius 1 is 0.536 bits per heavy atom. The van der Waals surface area contributed by atoms with Gasteiger partial charge in [0.05, 0.1) is 0 Å². The lowest BCUT2D eigenvalue weighted by Gasteiger charge is -2.05. The van der Waals surface area contributed by atoms with Crippen molar-refractivity contribution in [3.05, 3.63) is 96.1 Å². The molecule has 0 fully saturated rings. The van der Waals surface area contributed by atoms with Crippen molar-refractivity contribution in [3.8, 4) is 11.1 Å². The van der Waals surface area contributed by atoms with Crippen molar-refractivity contribution in [3.63, 3.8) is 0 Å². The molecule has 7 rings (SSSR count). The SMILES string of the molecule is c1ccc2cc3c(cc2c1)Cc1cc2sc4c5ccccc5ccc4c2cc1-3. The van der Waals surface area contributed by atoms with Crippen LogP contribution >= 0.6 is 11.3 Å². The van der Waals surface area contributed by atoms with Crippen LogP contribution < -0.4 is 0 Å². The summed E-state index contributed by atoms with van der Waals surface area (Å²) in [4.78, 5) is 0. The van der Waals surface area contributed by atoms with E-state index in [-0.39, 0.29) is 0 Å². The van der Waals surface area contributed by atoms with Crippen molar-refractivity contribution in [2.75, 3.05) is 0 Å². The second kappa shape index (κ2) is 5.21. The predicted octanol–water partition coefficient (Wildman–Crippen LogP) is 7.93. The van der Waals surface area contributed by atoms with Crippen LogP contribution in [-0.4, -0.2) is 0 Å². The van der Waals surface area contributed by atoms with E-state index < -0.39 is 0 Å². The lowest BCUT2D eigenvalue weighted by atomic mass is 9.99. The van der Waals surface area contributed by atoms with Crippen LogP contribution in [0.4, 0.5) is 0 Å². The fraction of sp³-hybridized carbons (Fsp3) is 0.0370. The van der Waals surface area contributed by atoms with Gasteiger partial charge in [0.25, 0.3) is 0 Å². The van der Waals surface area contributed by atoms with Crippen molar-refractivity contribution >= 4 is 53.1 Å². The smallest absolute Gasteiger partial charge is 0.0433 e. The molecule has 1 heteroatoms. The summed E-state index contributed by atoms with van der Waals surface area (Å²) in [6, 6.07) is 31.6. The van der Waals surface area contributed by atoms with Crippen LogP contribution in [0.5, 0.6) is 0 Å². The summed E-state index contributed by atoms with van der Waals surface area (Å²) in [7, 11) is 0. The van der Waals surface area contributed by atoms with E-state index in [1.807, 2.05) is 11.3 Å². The lowest BCUT2D eigenvalue weighted by molar-refractivity contribution is 1.28. The molecule has 0 saturated heterocycles. The molecule has 0 unspecified atom stereocenters. The van der Waals surface area contributed by atoms with E-state index in [1.54, 1.807) is 0 Å². The summed E-state index contributed by atoms with van der Waals surface area (Å²) in [5.41, 5.74) is 5.76. The zero-order valence-electron chi connectivity index (χ0n) is 15.2. The molecule has 6 aromatic rings. The Morgan fingerprint density at radius 2 is 1.25 bits per heavy atom. The van der Waals surface area contributed by atoms with E-state index in [0.717, 1.165) is 6.42 Å². The van der Waals surface area contributed by atoms with E-state index in [4.69, 9.17) is 0 Å². The van der Waals surface area contributed by atoms with Gasteiger partial charge in [0.1, 0.15) is 0 Å². The highest BCUT2D eigenvalue weighted by Crippen LogP contribution is 2.45. The Labute approximate surface area is 166 Å². The number of rotatable bonds is 0. The Hall–Kier alpha value is -3.16. The maximum absolute atomic E-state index is 2.44. The molecular weight excluding hydrogens is 356 g/mol. The first-order chi connectivity index (χ1) is 13.8. The van der Waals surface area contributed by atoms with E-state index in [0.29, 0.717) is 0 Å². The van der Waals surface area contributed by atoms with Crippen molar-refractivity contribution in [1.82, 2.24) is 0 Å². The minimum atomic E-state index is 1.04. The van der Waals surface area contributed by atoms with Crippen LogP contribution in [0.25, 0.3) is 52.8 Å². The van der Waals surface area contributed by atoms with Crippen molar-refractivity contribution < 1.29 is 0 Å². The van der Waals surface area contributed by atoms with E-state index in [9.17, 15) is 0 Å². The van der Waals surface area contributed by atoms with Gasteiger partial charge in [-0.2, -0.15) is 0 Å². The molecule has 0 N–H and O–H groups in total. The molecule has 0 spiro atoms. The average molecular weight is 372 g/mol. The Balaban J connectivity index is 1.56. The van der Waals surface area contributed by atoms with Crippen molar-refractivity contribution in [2.45, 2.75) is 6.42 Å². The van der Waals surface area contributed by atoms with Gasteiger partial charge in [-0.25, -0.2) is 0 Å². The average Bonchev–Trinajstić information content (AvgIpc) is 3.27. The second-order valence-electron chi connectivity index (χ2n) is 7.80. The summed E-state index contributed by atoms with van der Waals surface area (Å²) >= 11 is 1.94. The standard InChI is InChI=1S/C27H16S/c1-2-7-18-13-23-19(11-17(18)6-1)12-20-14-26-25(15-24(20)23)22-10-9-16-5-3-4-8-21(16)27(22)28-26/h1-11,13-15H,12H2. The van der Waals surface area contributed by atoms with E-state index >= 15 is 0 Å². The monoisotopic (exact) mass is 372 g/mol. The van der Waals surface area contributed by atoms with Gasteiger partial charge in [0.2, 0.25) is 0 Å². The summed E-state index contributed by atoms with van der Waals surface area (Å²) < 4.78 is 2.82. The van der Waals surface area contributed by atoms with Crippen molar-refractivity contribution in [2.24, 2.45) is 0 Å². The molecule has 0 amide bonds. The zero-order valence-corrected chi connectivity index (χ0v) is 16.0. The molecule has 0 atom stereocenters. The van der Waals surface area contributed by atoms with Crippen LogP contribution in [0.2, 0.25) is 0 Å². The van der Waals surface area contributed by atoms with Crippen LogP contribution in [0.3, 0.4) is 0 Å². The van der Waals surface area contributed by atoms with Gasteiger partial charge in [0.15, 0.2) is 0 Å². The highest BCUT2D eigenvalue weighted by atomic mass is 32.1. The highest BCUT2D eigenvalue weighted by molar-refractivity contribution is 7.26. The molecule has 28 heavy (non-hydrogen) atoms. The van der Waals surface area contributed by atoms with Gasteiger partial charge < -0.3 is 0 Å². The summed E-state index contributed by atoms with van der Waals surface area (Å²) in [6.07, 6.45) is 1.04. The van der Waals surface area contributed by atoms with Gasteiger partial charge in [0, 0.05) is 20.2 Å². The molecule has 1 aliphatic carbocycles. The maximum Gasteiger partial charge on any atom is 0.0433 e. The third kappa shape index (κ3) is 1.89. The molecule has 1 heterocycles. The van der Waals surface area contributed by atoms with Gasteiger partial charge in [-0.3, -0.25) is 0 Å². The summed E-state index contributed by atoms with van der Waals surface area (Å²) in [5, 5.41) is 8.14. The first-order valence-corrected chi connectivity index (χ1v) is 10.6. The fourth-order valence-corrected chi connectivity index (χ4v) is 6.16. The Bertz CT molecular complexity index is 1580. The number of hydrogen-bond donors (Lipinski definition) is 0. The van der Waals surface area contributed by atoms with Gasteiger partial charge >= 0.3 is 0 Å². The minimum Gasteiger partial charge on any atom is -0.135 e. The molecule has 0 aliphatic heterocycles. The number of hydrogen-bond acceptors (Lipinski definition) is 1. The van der Waals surface area contributed by atoms with Gasteiger partial charge in [-0.15, -0.1) is 11.3 Å². The first kappa shape index (κ1) is 14.8. The third-order valence-electron chi connectivity index (χ3n) is 6.23. The molecular formula is C27H16S. The predicted molar refractivity (Wildman–Crippen MR) is 123 cm³/mol. The highest BCUT2D eigenvalue weighted by Gasteiger charge is 2.21. The summed E-state index contributed by atoms with van der Waals surface area (Å²) in [6.45, 7) is 0. The second-order valence-corrected chi connectivity index (χ2v) is 8.86. The van der Waals surface area contributed by atoms with Crippen LogP contribution in [0, 0.1) is 0 Å². The normalized spacial score (nSPS) is 12.9. The molecule has 130 valence electrons.